The molecule has 120 valence electrons. The highest BCUT2D eigenvalue weighted by Crippen LogP contribution is 2.20. The topological polar surface area (TPSA) is 61.7 Å². The van der Waals surface area contributed by atoms with E-state index in [0.29, 0.717) is 22.1 Å². The molecule has 0 bridgehead atoms. The summed E-state index contributed by atoms with van der Waals surface area (Å²) in [6.07, 6.45) is 0. The number of carbonyl (C=O) groups excluding carboxylic acids is 1. The van der Waals surface area contributed by atoms with Gasteiger partial charge in [0.25, 0.3) is 0 Å². The summed E-state index contributed by atoms with van der Waals surface area (Å²) < 4.78 is 0. The maximum absolute atomic E-state index is 11.8. The SMILES string of the molecule is C/C(=N/NC(=O)CSCc1ccccc1Cl)c1ccccc1O. The molecule has 4 nitrogen and oxygen atoms in total. The van der Waals surface area contributed by atoms with Gasteiger partial charge in [-0.1, -0.05) is 41.9 Å². The van der Waals surface area contributed by atoms with Gasteiger partial charge >= 0.3 is 0 Å². The third-order valence-corrected chi connectivity index (χ3v) is 4.44. The van der Waals surface area contributed by atoms with Gasteiger partial charge in [0.15, 0.2) is 0 Å². The van der Waals surface area contributed by atoms with Gasteiger partial charge in [0.05, 0.1) is 11.5 Å². The predicted octanol–water partition coefficient (Wildman–Crippen LogP) is 3.82. The Morgan fingerprint density at radius 3 is 2.65 bits per heavy atom. The van der Waals surface area contributed by atoms with Crippen LogP contribution >= 0.6 is 23.4 Å². The lowest BCUT2D eigenvalue weighted by atomic mass is 10.1. The van der Waals surface area contributed by atoms with Crippen LogP contribution in [0.2, 0.25) is 5.02 Å². The van der Waals surface area contributed by atoms with Gasteiger partial charge < -0.3 is 5.11 Å². The van der Waals surface area contributed by atoms with Crippen molar-refractivity contribution in [3.05, 3.63) is 64.7 Å². The second-order valence-electron chi connectivity index (χ2n) is 4.83. The maximum Gasteiger partial charge on any atom is 0.250 e. The second-order valence-corrected chi connectivity index (χ2v) is 6.23. The molecule has 0 spiro atoms. The number of nitrogens with one attached hydrogen (secondary N) is 1. The molecule has 2 N–H and O–H groups in total. The summed E-state index contributed by atoms with van der Waals surface area (Å²) in [7, 11) is 0. The van der Waals surface area contributed by atoms with Crippen LogP contribution in [0.4, 0.5) is 0 Å². The number of phenolic OH excluding ortho intramolecular Hbond substituents is 1. The van der Waals surface area contributed by atoms with Crippen LogP contribution in [0.5, 0.6) is 5.75 Å². The normalized spacial score (nSPS) is 11.3. The molecule has 0 aliphatic rings. The zero-order valence-corrected chi connectivity index (χ0v) is 14.2. The largest absolute Gasteiger partial charge is 0.507 e. The number of aromatic hydroxyl groups is 1. The van der Waals surface area contributed by atoms with Gasteiger partial charge in [-0.25, -0.2) is 5.43 Å². The molecule has 0 radical (unpaired) electrons. The summed E-state index contributed by atoms with van der Waals surface area (Å²) >= 11 is 7.53. The van der Waals surface area contributed by atoms with Crippen LogP contribution in [-0.4, -0.2) is 22.5 Å². The number of rotatable bonds is 6. The van der Waals surface area contributed by atoms with E-state index in [9.17, 15) is 9.90 Å². The average Bonchev–Trinajstić information content (AvgIpc) is 2.55. The molecule has 0 fully saturated rings. The van der Waals surface area contributed by atoms with Gasteiger partial charge in [0.2, 0.25) is 5.91 Å². The standard InChI is InChI=1S/C17H17ClN2O2S/c1-12(14-7-3-5-9-16(14)21)19-20-17(22)11-23-10-13-6-2-4-8-15(13)18/h2-9,21H,10-11H2,1H3,(H,20,22)/b19-12-. The first-order chi connectivity index (χ1) is 11.1. The lowest BCUT2D eigenvalue weighted by Gasteiger charge is -2.05. The number of carbonyl (C=O) groups is 1. The molecule has 0 atom stereocenters. The van der Waals surface area contributed by atoms with Crippen molar-refractivity contribution in [1.29, 1.82) is 0 Å². The molecule has 0 saturated heterocycles. The first-order valence-electron chi connectivity index (χ1n) is 7.00. The van der Waals surface area contributed by atoms with E-state index in [1.165, 1.54) is 11.8 Å². The van der Waals surface area contributed by atoms with Crippen molar-refractivity contribution >= 4 is 35.0 Å². The summed E-state index contributed by atoms with van der Waals surface area (Å²) in [5.41, 5.74) is 4.64. The Bertz CT molecular complexity index is 719. The molecule has 0 saturated carbocycles. The number of hydrogen-bond donors (Lipinski definition) is 2. The van der Waals surface area contributed by atoms with E-state index in [0.717, 1.165) is 5.56 Å². The molecule has 0 heterocycles. The van der Waals surface area contributed by atoms with E-state index in [1.807, 2.05) is 24.3 Å². The average molecular weight is 349 g/mol. The van der Waals surface area contributed by atoms with Gasteiger partial charge in [0.1, 0.15) is 5.75 Å². The fourth-order valence-electron chi connectivity index (χ4n) is 1.89. The molecule has 2 aromatic carbocycles. The van der Waals surface area contributed by atoms with Crippen LogP contribution in [-0.2, 0) is 10.5 Å². The Morgan fingerprint density at radius 2 is 1.91 bits per heavy atom. The minimum absolute atomic E-state index is 0.135. The van der Waals surface area contributed by atoms with Gasteiger partial charge in [0, 0.05) is 16.3 Å². The van der Waals surface area contributed by atoms with Gasteiger partial charge in [-0.05, 0) is 30.7 Å². The quantitative estimate of drug-likeness (QED) is 0.616. The number of nitrogens with zero attached hydrogens (tertiary/aromatic N) is 1. The van der Waals surface area contributed by atoms with Crippen LogP contribution in [0, 0.1) is 0 Å². The number of phenols is 1. The first-order valence-corrected chi connectivity index (χ1v) is 8.54. The minimum atomic E-state index is -0.197. The summed E-state index contributed by atoms with van der Waals surface area (Å²) in [6.45, 7) is 1.73. The van der Waals surface area contributed by atoms with Crippen molar-refractivity contribution in [1.82, 2.24) is 5.43 Å². The van der Waals surface area contributed by atoms with Crippen molar-refractivity contribution < 1.29 is 9.90 Å². The van der Waals surface area contributed by atoms with E-state index in [4.69, 9.17) is 11.6 Å². The monoisotopic (exact) mass is 348 g/mol. The Morgan fingerprint density at radius 1 is 1.22 bits per heavy atom. The third kappa shape index (κ3) is 5.30. The number of hydrazone groups is 1. The molecular formula is C17H17ClN2O2S. The van der Waals surface area contributed by atoms with Crippen molar-refractivity contribution in [2.75, 3.05) is 5.75 Å². The number of benzene rings is 2. The first kappa shape index (κ1) is 17.4. The minimum Gasteiger partial charge on any atom is -0.507 e. The van der Waals surface area contributed by atoms with Crippen LogP contribution in [0.3, 0.4) is 0 Å². The number of amides is 1. The number of halogens is 1. The number of para-hydroxylation sites is 1. The fraction of sp³-hybridized carbons (Fsp3) is 0.176. The fourth-order valence-corrected chi connectivity index (χ4v) is 2.99. The molecule has 2 aromatic rings. The van der Waals surface area contributed by atoms with E-state index in [2.05, 4.69) is 10.5 Å². The van der Waals surface area contributed by atoms with Crippen LogP contribution in [0.1, 0.15) is 18.1 Å². The lowest BCUT2D eigenvalue weighted by Crippen LogP contribution is -2.21. The Hall–Kier alpha value is -1.98. The Labute approximate surface area is 144 Å². The van der Waals surface area contributed by atoms with Crippen molar-refractivity contribution in [3.63, 3.8) is 0 Å². The zero-order chi connectivity index (χ0) is 16.7. The van der Waals surface area contributed by atoms with Crippen molar-refractivity contribution in [2.45, 2.75) is 12.7 Å². The zero-order valence-electron chi connectivity index (χ0n) is 12.6. The molecule has 0 aliphatic heterocycles. The van der Waals surface area contributed by atoms with Gasteiger partial charge in [-0.2, -0.15) is 5.10 Å². The van der Waals surface area contributed by atoms with Gasteiger partial charge in [-0.15, -0.1) is 11.8 Å². The third-order valence-electron chi connectivity index (χ3n) is 3.09. The number of thioether (sulfide) groups is 1. The Kier molecular flexibility index (Phi) is 6.50. The molecule has 0 aromatic heterocycles. The smallest absolute Gasteiger partial charge is 0.250 e. The van der Waals surface area contributed by atoms with Crippen LogP contribution in [0.25, 0.3) is 0 Å². The highest BCUT2D eigenvalue weighted by Gasteiger charge is 2.06. The summed E-state index contributed by atoms with van der Waals surface area (Å²) in [5, 5.41) is 14.4. The van der Waals surface area contributed by atoms with E-state index in [1.54, 1.807) is 31.2 Å². The van der Waals surface area contributed by atoms with Crippen LogP contribution < -0.4 is 5.43 Å². The Balaban J connectivity index is 1.82. The molecule has 0 aliphatic carbocycles. The molecular weight excluding hydrogens is 332 g/mol. The maximum atomic E-state index is 11.8. The molecule has 1 amide bonds. The van der Waals surface area contributed by atoms with Crippen molar-refractivity contribution in [3.8, 4) is 5.75 Å². The second kappa shape index (κ2) is 8.60. The van der Waals surface area contributed by atoms with Gasteiger partial charge in [-0.3, -0.25) is 4.79 Å². The highest BCUT2D eigenvalue weighted by molar-refractivity contribution is 7.99. The lowest BCUT2D eigenvalue weighted by molar-refractivity contribution is -0.118. The van der Waals surface area contributed by atoms with Crippen molar-refractivity contribution in [2.24, 2.45) is 5.10 Å². The molecule has 2 rings (SSSR count). The van der Waals surface area contributed by atoms with E-state index < -0.39 is 0 Å². The van der Waals surface area contributed by atoms with E-state index >= 15 is 0 Å². The number of hydrogen-bond acceptors (Lipinski definition) is 4. The molecule has 6 heteroatoms. The summed E-state index contributed by atoms with van der Waals surface area (Å²) in [4.78, 5) is 11.8. The van der Waals surface area contributed by atoms with E-state index in [-0.39, 0.29) is 17.4 Å². The predicted molar refractivity (Wildman–Crippen MR) is 96.1 cm³/mol. The van der Waals surface area contributed by atoms with Crippen LogP contribution in [0.15, 0.2) is 53.6 Å². The molecule has 23 heavy (non-hydrogen) atoms. The highest BCUT2D eigenvalue weighted by atomic mass is 35.5. The molecule has 0 unspecified atom stereocenters. The summed E-state index contributed by atoms with van der Waals surface area (Å²) in [6, 6.07) is 14.4. The summed E-state index contributed by atoms with van der Waals surface area (Å²) in [5.74, 6) is 0.880.